The summed E-state index contributed by atoms with van der Waals surface area (Å²) < 4.78 is 5.49. The lowest BCUT2D eigenvalue weighted by atomic mass is 9.82. The summed E-state index contributed by atoms with van der Waals surface area (Å²) in [5.41, 5.74) is 2.57. The van der Waals surface area contributed by atoms with Gasteiger partial charge in [-0.2, -0.15) is 0 Å². The molecule has 0 spiro atoms. The van der Waals surface area contributed by atoms with Gasteiger partial charge in [-0.3, -0.25) is 10.1 Å². The van der Waals surface area contributed by atoms with E-state index >= 15 is 0 Å². The molecular weight excluding hydrogens is 332 g/mol. The minimum atomic E-state index is -0.595. The summed E-state index contributed by atoms with van der Waals surface area (Å²) in [5, 5.41) is 14.5. The molecule has 6 nitrogen and oxygen atoms in total. The highest BCUT2D eigenvalue weighted by atomic mass is 16.6. The predicted molar refractivity (Wildman–Crippen MR) is 100.0 cm³/mol. The zero-order chi connectivity index (χ0) is 19.1. The Bertz CT molecular complexity index is 889. The van der Waals surface area contributed by atoms with E-state index in [1.54, 1.807) is 13.0 Å². The normalized spacial score (nSPS) is 17.8. The van der Waals surface area contributed by atoms with Crippen LogP contribution in [0.15, 0.2) is 36.4 Å². The highest BCUT2D eigenvalue weighted by Crippen LogP contribution is 2.40. The van der Waals surface area contributed by atoms with Gasteiger partial charge < -0.3 is 10.1 Å². The van der Waals surface area contributed by atoms with Crippen molar-refractivity contribution in [2.75, 3.05) is 5.32 Å². The van der Waals surface area contributed by atoms with Gasteiger partial charge in [-0.25, -0.2) is 4.79 Å². The molecule has 0 unspecified atom stereocenters. The van der Waals surface area contributed by atoms with E-state index in [1.807, 2.05) is 12.1 Å². The third kappa shape index (κ3) is 3.40. The van der Waals surface area contributed by atoms with Gasteiger partial charge in [-0.05, 0) is 62.9 Å². The van der Waals surface area contributed by atoms with Crippen LogP contribution in [-0.4, -0.2) is 16.4 Å². The molecule has 0 bridgehead atoms. The smallest absolute Gasteiger partial charge is 0.344 e. The van der Waals surface area contributed by atoms with Crippen LogP contribution in [0, 0.1) is 17.0 Å². The molecule has 0 saturated heterocycles. The number of rotatable bonds is 3. The van der Waals surface area contributed by atoms with Crippen molar-refractivity contribution >= 4 is 17.3 Å². The minimum Gasteiger partial charge on any atom is -0.423 e. The van der Waals surface area contributed by atoms with E-state index in [0.717, 1.165) is 17.7 Å². The molecule has 1 atom stereocenters. The zero-order valence-corrected chi connectivity index (χ0v) is 15.3. The fraction of sp³-hybridized carbons (Fsp3) is 0.350. The molecule has 26 heavy (non-hydrogen) atoms. The molecule has 0 fully saturated rings. The van der Waals surface area contributed by atoms with Gasteiger partial charge in [0.15, 0.2) is 0 Å². The number of carbonyl (C=O) groups is 1. The van der Waals surface area contributed by atoms with Crippen LogP contribution in [0.3, 0.4) is 0 Å². The van der Waals surface area contributed by atoms with Gasteiger partial charge in [0.1, 0.15) is 5.75 Å². The average molecular weight is 354 g/mol. The number of fused-ring (bicyclic) bond motifs is 1. The number of anilines is 1. The predicted octanol–water partition coefficient (Wildman–Crippen LogP) is 4.82. The molecular formula is C20H22N2O4. The van der Waals surface area contributed by atoms with E-state index < -0.39 is 10.9 Å². The van der Waals surface area contributed by atoms with Crippen molar-refractivity contribution in [1.29, 1.82) is 0 Å². The Morgan fingerprint density at radius 1 is 1.31 bits per heavy atom. The Morgan fingerprint density at radius 2 is 2.04 bits per heavy atom. The number of carbonyl (C=O) groups excluding carboxylic acids is 1. The highest BCUT2D eigenvalue weighted by Gasteiger charge is 2.29. The first-order chi connectivity index (χ1) is 12.2. The first-order valence-corrected chi connectivity index (χ1v) is 8.56. The second-order valence-corrected chi connectivity index (χ2v) is 7.46. The van der Waals surface area contributed by atoms with Gasteiger partial charge in [0.2, 0.25) is 0 Å². The van der Waals surface area contributed by atoms with Crippen LogP contribution < -0.4 is 10.1 Å². The minimum absolute atomic E-state index is 0.0185. The van der Waals surface area contributed by atoms with Crippen molar-refractivity contribution in [3.05, 3.63) is 63.2 Å². The second kappa shape index (κ2) is 6.44. The van der Waals surface area contributed by atoms with E-state index in [1.165, 1.54) is 18.2 Å². The Kier molecular flexibility index (Phi) is 4.44. The van der Waals surface area contributed by atoms with Gasteiger partial charge in [0, 0.05) is 22.9 Å². The number of hydrogen-bond donors (Lipinski definition) is 1. The average Bonchev–Trinajstić information content (AvgIpc) is 2.54. The molecule has 2 aromatic carbocycles. The summed E-state index contributed by atoms with van der Waals surface area (Å²) in [5.74, 6) is 0.176. The Hall–Kier alpha value is -2.89. The number of hydrogen-bond acceptors (Lipinski definition) is 5. The maximum Gasteiger partial charge on any atom is 0.344 e. The topological polar surface area (TPSA) is 81.5 Å². The maximum absolute atomic E-state index is 12.5. The third-order valence-corrected chi connectivity index (χ3v) is 4.78. The molecule has 1 N–H and O–H groups in total. The number of nitro groups is 1. The van der Waals surface area contributed by atoms with Crippen molar-refractivity contribution < 1.29 is 14.5 Å². The number of ether oxygens (including phenoxy) is 1. The Labute approximate surface area is 152 Å². The summed E-state index contributed by atoms with van der Waals surface area (Å²) in [7, 11) is 0. The molecule has 0 aliphatic carbocycles. The fourth-order valence-corrected chi connectivity index (χ4v) is 3.62. The van der Waals surface area contributed by atoms with E-state index in [2.05, 4.69) is 26.1 Å². The summed E-state index contributed by atoms with van der Waals surface area (Å²) in [6.45, 7) is 8.02. The van der Waals surface area contributed by atoms with Gasteiger partial charge in [-0.1, -0.05) is 13.0 Å². The lowest BCUT2D eigenvalue weighted by molar-refractivity contribution is -0.385. The van der Waals surface area contributed by atoms with E-state index in [-0.39, 0.29) is 16.8 Å². The molecule has 1 heterocycles. The van der Waals surface area contributed by atoms with Crippen LogP contribution in [-0.2, 0) is 0 Å². The van der Waals surface area contributed by atoms with Gasteiger partial charge >= 0.3 is 5.97 Å². The molecule has 2 aromatic rings. The van der Waals surface area contributed by atoms with Crippen LogP contribution in [0.1, 0.15) is 54.6 Å². The lowest BCUT2D eigenvalue weighted by Gasteiger charge is -2.37. The zero-order valence-electron chi connectivity index (χ0n) is 15.3. The fourth-order valence-electron chi connectivity index (χ4n) is 3.62. The first kappa shape index (κ1) is 17.9. The largest absolute Gasteiger partial charge is 0.423 e. The summed E-state index contributed by atoms with van der Waals surface area (Å²) in [6, 6.07) is 9.92. The molecule has 1 aliphatic heterocycles. The molecule has 3 rings (SSSR count). The quantitative estimate of drug-likeness (QED) is 0.370. The Morgan fingerprint density at radius 3 is 2.73 bits per heavy atom. The van der Waals surface area contributed by atoms with Gasteiger partial charge in [0.05, 0.1) is 10.5 Å². The third-order valence-electron chi connectivity index (χ3n) is 4.78. The highest BCUT2D eigenvalue weighted by molar-refractivity contribution is 5.93. The summed E-state index contributed by atoms with van der Waals surface area (Å²) in [4.78, 5) is 23.1. The molecule has 1 aliphatic rings. The monoisotopic (exact) mass is 354 g/mol. The lowest BCUT2D eigenvalue weighted by Crippen LogP contribution is -2.36. The van der Waals surface area contributed by atoms with Crippen LogP contribution in [0.5, 0.6) is 5.75 Å². The van der Waals surface area contributed by atoms with Crippen molar-refractivity contribution in [2.45, 2.75) is 45.6 Å². The SMILES string of the molecule is Cc1c(C(=O)Oc2ccc3c(c2)[C@@H](C)CC(C)(C)N3)cccc1[N+](=O)[O-]. The molecule has 136 valence electrons. The van der Waals surface area contributed by atoms with Crippen molar-refractivity contribution in [3.8, 4) is 5.75 Å². The molecule has 0 radical (unpaired) electrons. The number of nitro benzene ring substituents is 1. The van der Waals surface area contributed by atoms with Crippen molar-refractivity contribution in [1.82, 2.24) is 0 Å². The summed E-state index contributed by atoms with van der Waals surface area (Å²) >= 11 is 0. The van der Waals surface area contributed by atoms with Crippen LogP contribution in [0.2, 0.25) is 0 Å². The van der Waals surface area contributed by atoms with Crippen molar-refractivity contribution in [3.63, 3.8) is 0 Å². The molecule has 0 aromatic heterocycles. The molecule has 0 saturated carbocycles. The number of nitrogens with zero attached hydrogens (tertiary/aromatic N) is 1. The van der Waals surface area contributed by atoms with Crippen LogP contribution >= 0.6 is 0 Å². The number of esters is 1. The summed E-state index contributed by atoms with van der Waals surface area (Å²) in [6.07, 6.45) is 0.974. The second-order valence-electron chi connectivity index (χ2n) is 7.46. The van der Waals surface area contributed by atoms with Crippen LogP contribution in [0.4, 0.5) is 11.4 Å². The van der Waals surface area contributed by atoms with Gasteiger partial charge in [0.25, 0.3) is 5.69 Å². The van der Waals surface area contributed by atoms with Crippen LogP contribution in [0.25, 0.3) is 0 Å². The van der Waals surface area contributed by atoms with Crippen molar-refractivity contribution in [2.24, 2.45) is 0 Å². The van der Waals surface area contributed by atoms with Gasteiger partial charge in [-0.15, -0.1) is 0 Å². The number of nitrogens with one attached hydrogen (secondary N) is 1. The molecule has 6 heteroatoms. The standard InChI is InChI=1S/C20H22N2O4/c1-12-11-20(3,4)21-17-9-8-14(10-16(12)17)26-19(23)15-6-5-7-18(13(15)2)22(24)25/h5-10,12,21H,11H2,1-4H3/t12-/m0/s1. The number of benzene rings is 2. The van der Waals surface area contributed by atoms with E-state index in [0.29, 0.717) is 17.2 Å². The first-order valence-electron chi connectivity index (χ1n) is 8.56. The maximum atomic E-state index is 12.5. The van der Waals surface area contributed by atoms with E-state index in [4.69, 9.17) is 4.74 Å². The molecule has 0 amide bonds. The Balaban J connectivity index is 1.87. The van der Waals surface area contributed by atoms with E-state index in [9.17, 15) is 14.9 Å².